The first kappa shape index (κ1) is 37.7. The van der Waals surface area contributed by atoms with E-state index < -0.39 is 29.8 Å². The molecule has 56 heavy (non-hydrogen) atoms. The van der Waals surface area contributed by atoms with Crippen LogP contribution in [0.3, 0.4) is 0 Å². The third-order valence-corrected chi connectivity index (χ3v) is 56.0. The van der Waals surface area contributed by atoms with E-state index in [1.54, 1.807) is 0 Å². The number of hydrogen-bond donors (Lipinski definition) is 2. The van der Waals surface area contributed by atoms with Gasteiger partial charge in [0.1, 0.15) is 0 Å². The number of hydrogen-bond acceptors (Lipinski definition) is 2. The molecule has 2 aliphatic rings. The maximum atomic E-state index is 13.0. The first-order valence-corrected chi connectivity index (χ1v) is 34.3. The molecule has 0 fully saturated rings. The first-order valence-electron chi connectivity index (χ1n) is 19.2. The molecule has 0 saturated heterocycles. The number of rotatable bonds is 13. The van der Waals surface area contributed by atoms with Crippen molar-refractivity contribution in [3.05, 3.63) is 214 Å². The molecule has 4 nitrogen and oxygen atoms in total. The molecule has 0 spiro atoms. The van der Waals surface area contributed by atoms with Crippen molar-refractivity contribution in [2.24, 2.45) is 0 Å². The molecular formula is C50H43GaN2O2Zr. The van der Waals surface area contributed by atoms with E-state index in [1.807, 2.05) is 6.07 Å². The maximum absolute atomic E-state index is 13.0. The van der Waals surface area contributed by atoms with Crippen molar-refractivity contribution in [3.63, 3.8) is 0 Å². The molecule has 0 aromatic heterocycles. The van der Waals surface area contributed by atoms with Gasteiger partial charge in [0.05, 0.1) is 0 Å². The molecule has 2 unspecified atom stereocenters. The van der Waals surface area contributed by atoms with Gasteiger partial charge in [-0.15, -0.1) is 0 Å². The fourth-order valence-electron chi connectivity index (χ4n) is 9.47. The quantitative estimate of drug-likeness (QED) is 0.0690. The number of fused-ring (bicyclic) bond motifs is 2. The van der Waals surface area contributed by atoms with Crippen LogP contribution < -0.4 is 8.05 Å². The Bertz CT molecular complexity index is 2370. The predicted molar refractivity (Wildman–Crippen MR) is 231 cm³/mol. The fraction of sp³-hybridized carbons (Fsp3) is 0.0800. The van der Waals surface area contributed by atoms with Crippen LogP contribution in [0.5, 0.6) is 0 Å². The third kappa shape index (κ3) is 6.92. The standard InChI is InChI=1S/3C16H13.2CH3NO.Ga.Zr/c2*1-12-10-14-8-5-9-15(16(14)11-12)13-6-3-2-4-7-13;1-3-9-15(10-4-1)13-7-8-14-16-11-5-2-6-12-16;2*2-1-3;;/h2*2-11H,1H3;1-13H;2*1H,(H2,2,3);;/q;;;;;+2;/p-2. The molecule has 6 aromatic carbocycles. The van der Waals surface area contributed by atoms with Gasteiger partial charge in [-0.2, -0.15) is 0 Å². The van der Waals surface area contributed by atoms with Crippen molar-refractivity contribution in [1.29, 1.82) is 0 Å². The van der Waals surface area contributed by atoms with E-state index in [4.69, 9.17) is 0 Å². The van der Waals surface area contributed by atoms with Gasteiger partial charge in [0.2, 0.25) is 0 Å². The molecule has 0 bridgehead atoms. The fourth-order valence-corrected chi connectivity index (χ4v) is 61.8. The van der Waals surface area contributed by atoms with E-state index in [9.17, 15) is 9.59 Å². The van der Waals surface area contributed by atoms with E-state index in [1.165, 1.54) is 58.9 Å². The molecule has 2 aliphatic carbocycles. The van der Waals surface area contributed by atoms with Crippen LogP contribution in [-0.2, 0) is 26.8 Å². The molecule has 8 rings (SSSR count). The topological polar surface area (TPSA) is 58.2 Å². The van der Waals surface area contributed by atoms with Crippen LogP contribution in [0.2, 0.25) is 0 Å². The Balaban J connectivity index is 1.49. The molecule has 0 saturated carbocycles. The number of allylic oxidation sites excluding steroid dienone is 4. The second-order valence-corrected chi connectivity index (χ2v) is 45.8. The van der Waals surface area contributed by atoms with Gasteiger partial charge in [0.25, 0.3) is 0 Å². The molecule has 0 aliphatic heterocycles. The Morgan fingerprint density at radius 3 is 1.46 bits per heavy atom. The van der Waals surface area contributed by atoms with Crippen molar-refractivity contribution in [1.82, 2.24) is 8.05 Å². The minimum atomic E-state index is -4.58. The normalized spacial score (nSPS) is 16.9. The molecule has 2 atom stereocenters. The summed E-state index contributed by atoms with van der Waals surface area (Å²) in [5.74, 6) is 0. The van der Waals surface area contributed by atoms with Gasteiger partial charge in [-0.3, -0.25) is 0 Å². The summed E-state index contributed by atoms with van der Waals surface area (Å²) in [4.78, 5) is 26.0. The molecule has 272 valence electrons. The summed E-state index contributed by atoms with van der Waals surface area (Å²) in [6.07, 6.45) is 13.2. The van der Waals surface area contributed by atoms with Crippen LogP contribution in [-0.4, -0.2) is 25.5 Å². The molecule has 2 N–H and O–H groups in total. The van der Waals surface area contributed by atoms with Crippen LogP contribution in [0.15, 0.2) is 181 Å². The van der Waals surface area contributed by atoms with E-state index in [0.717, 1.165) is 23.9 Å². The van der Waals surface area contributed by atoms with Gasteiger partial charge in [-0.25, -0.2) is 0 Å². The Hall–Kier alpha value is -5.26. The Morgan fingerprint density at radius 2 is 1.00 bits per heavy atom. The van der Waals surface area contributed by atoms with E-state index >= 15 is 0 Å². The average Bonchev–Trinajstić information content (AvgIpc) is 3.77. The number of benzene rings is 6. The number of amides is 2. The summed E-state index contributed by atoms with van der Waals surface area (Å²) in [6.45, 7) is 4.56. The Labute approximate surface area is 337 Å². The van der Waals surface area contributed by atoms with E-state index in [-0.39, 0.29) is 7.25 Å². The van der Waals surface area contributed by atoms with Gasteiger partial charge in [-0.1, -0.05) is 0 Å². The monoisotopic (exact) mass is 862 g/mol. The second kappa shape index (κ2) is 16.9. The van der Waals surface area contributed by atoms with Gasteiger partial charge in [-0.05, 0) is 0 Å². The SMILES string of the molecule is CC1=Cc2c(-c3ccccc3)cccc2[CH]1[Zr]([C](=CC=Cc1ccccc1)c1ccccc1)([CH]1C(C)=Cc2c(-c3ccccc3)cccc21)[Ga]([NH]C=O)[NH]C=O. The van der Waals surface area contributed by atoms with Gasteiger partial charge < -0.3 is 0 Å². The Morgan fingerprint density at radius 1 is 0.554 bits per heavy atom. The molecule has 0 radical (unpaired) electrons. The van der Waals surface area contributed by atoms with E-state index in [2.05, 4.69) is 204 Å². The summed E-state index contributed by atoms with van der Waals surface area (Å²) in [7, 11) is 0. The van der Waals surface area contributed by atoms with E-state index in [0.29, 0.717) is 0 Å². The molecule has 6 aromatic rings. The van der Waals surface area contributed by atoms with Crippen LogP contribution in [0, 0.1) is 0 Å². The zero-order valence-electron chi connectivity index (χ0n) is 31.6. The molecule has 2 amide bonds. The molecular weight excluding hydrogens is 822 g/mol. The molecule has 0 heterocycles. The molecule has 6 heteroatoms. The summed E-state index contributed by atoms with van der Waals surface area (Å²) in [6, 6.07) is 55.8. The van der Waals surface area contributed by atoms with Crippen molar-refractivity contribution in [2.75, 3.05) is 0 Å². The Kier molecular flexibility index (Phi) is 11.3. The minimum absolute atomic E-state index is 0.00382. The first-order chi connectivity index (χ1) is 27.6. The van der Waals surface area contributed by atoms with Crippen molar-refractivity contribution in [3.8, 4) is 22.3 Å². The number of carbonyl (C=O) groups is 2. The van der Waals surface area contributed by atoms with Crippen LogP contribution in [0.4, 0.5) is 0 Å². The number of carbonyl (C=O) groups excluding carboxylic acids is 2. The average molecular weight is 865 g/mol. The zero-order chi connectivity index (χ0) is 38.5. The zero-order valence-corrected chi connectivity index (χ0v) is 36.5. The van der Waals surface area contributed by atoms with Crippen molar-refractivity contribution in [2.45, 2.75) is 21.1 Å². The third-order valence-electron chi connectivity index (χ3n) is 11.5. The van der Waals surface area contributed by atoms with Gasteiger partial charge in [0, 0.05) is 0 Å². The van der Waals surface area contributed by atoms with Crippen molar-refractivity contribution < 1.29 is 26.8 Å². The van der Waals surface area contributed by atoms with Gasteiger partial charge in [0.15, 0.2) is 0 Å². The summed E-state index contributed by atoms with van der Waals surface area (Å²) in [5.41, 5.74) is 14.6. The predicted octanol–water partition coefficient (Wildman–Crippen LogP) is 11.0. The summed E-state index contributed by atoms with van der Waals surface area (Å²) < 4.78 is 8.23. The van der Waals surface area contributed by atoms with Crippen LogP contribution in [0.1, 0.15) is 54.5 Å². The van der Waals surface area contributed by atoms with Gasteiger partial charge >= 0.3 is 340 Å². The summed E-state index contributed by atoms with van der Waals surface area (Å²) >= 11 is -8.03. The second-order valence-electron chi connectivity index (χ2n) is 14.6. The van der Waals surface area contributed by atoms with Crippen LogP contribution >= 0.6 is 0 Å². The summed E-state index contributed by atoms with van der Waals surface area (Å²) in [5, 5.41) is 0. The van der Waals surface area contributed by atoms with Crippen molar-refractivity contribution >= 4 is 47.0 Å². The number of nitrogens with one attached hydrogen (secondary N) is 2. The van der Waals surface area contributed by atoms with Crippen LogP contribution in [0.25, 0.3) is 43.8 Å².